The van der Waals surface area contributed by atoms with Crippen LogP contribution in [0.15, 0.2) is 66.7 Å². The van der Waals surface area contributed by atoms with Crippen LogP contribution in [0.5, 0.6) is 11.5 Å². The van der Waals surface area contributed by atoms with Gasteiger partial charge in [0.25, 0.3) is 0 Å². The van der Waals surface area contributed by atoms with Gasteiger partial charge in [0.05, 0.1) is 0 Å². The molecule has 0 fully saturated rings. The maximum Gasteiger partial charge on any atom is 0.358 e. The second-order valence-corrected chi connectivity index (χ2v) is 10.7. The van der Waals surface area contributed by atoms with Crippen LogP contribution < -0.4 is 25.9 Å². The summed E-state index contributed by atoms with van der Waals surface area (Å²) in [4.78, 5) is 0. The number of phenols is 1. The lowest BCUT2D eigenvalue weighted by molar-refractivity contribution is -0.598. The number of hydrogen-bond acceptors (Lipinski definition) is 2. The molecular weight excluding hydrogens is 447 g/mol. The van der Waals surface area contributed by atoms with Crippen LogP contribution in [0.1, 0.15) is 37.5 Å². The molecule has 0 radical (unpaired) electrons. The molecule has 0 bridgehead atoms. The zero-order chi connectivity index (χ0) is 19.4. The van der Waals surface area contributed by atoms with Crippen LogP contribution >= 0.6 is 0 Å². The molecule has 0 aliphatic carbocycles. The second kappa shape index (κ2) is 8.34. The van der Waals surface area contributed by atoms with Crippen molar-refractivity contribution in [2.75, 3.05) is 0 Å². The van der Waals surface area contributed by atoms with E-state index in [-0.39, 0.29) is 32.4 Å². The van der Waals surface area contributed by atoms with Crippen molar-refractivity contribution in [3.8, 4) is 11.5 Å². The van der Waals surface area contributed by atoms with Crippen molar-refractivity contribution in [1.29, 1.82) is 0 Å². The Morgan fingerprint density at radius 3 is 2.15 bits per heavy atom. The molecule has 1 N–H and O–H groups in total. The first-order chi connectivity index (χ1) is 12.8. The average molecular weight is 473 g/mol. The summed E-state index contributed by atoms with van der Waals surface area (Å²) in [6.45, 7) is 9.47. The van der Waals surface area contributed by atoms with E-state index in [0.717, 1.165) is 11.3 Å². The van der Waals surface area contributed by atoms with E-state index in [1.54, 1.807) is 24.3 Å². The molecule has 0 aliphatic rings. The van der Waals surface area contributed by atoms with E-state index >= 15 is 0 Å². The fourth-order valence-electron chi connectivity index (χ4n) is 2.74. The Morgan fingerprint density at radius 2 is 1.56 bits per heavy atom. The molecule has 2 nitrogen and oxygen atoms in total. The molecule has 0 atom stereocenters. The average Bonchev–Trinajstić information content (AvgIpc) is 2.63. The smallest absolute Gasteiger partial charge is 0.358 e. The maximum absolute atomic E-state index is 9.33. The summed E-state index contributed by atoms with van der Waals surface area (Å²) >= 11 is -0.182. The summed E-state index contributed by atoms with van der Waals surface area (Å²) in [6, 6.07) is 22.6. The first-order valence-electron chi connectivity index (χ1n) is 9.08. The molecule has 3 aromatic rings. The Bertz CT molecular complexity index is 891. The molecular formula is C24H26IO2+. The van der Waals surface area contributed by atoms with E-state index in [2.05, 4.69) is 70.2 Å². The number of phenolic OH excluding ortho intramolecular Hbond substituents is 1. The van der Waals surface area contributed by atoms with Gasteiger partial charge in [-0.1, -0.05) is 39.0 Å². The molecule has 0 saturated carbocycles. The maximum atomic E-state index is 9.33. The molecule has 3 rings (SSSR count). The minimum Gasteiger partial charge on any atom is -0.508 e. The quantitative estimate of drug-likeness (QED) is 0.578. The van der Waals surface area contributed by atoms with Crippen LogP contribution in [-0.2, 0) is 12.0 Å². The Hall–Kier alpha value is -2.01. The third-order valence-electron chi connectivity index (χ3n) is 4.39. The van der Waals surface area contributed by atoms with Gasteiger partial charge in [-0.05, 0) is 72.0 Å². The highest BCUT2D eigenvalue weighted by molar-refractivity contribution is 5.30. The van der Waals surface area contributed by atoms with Crippen LogP contribution in [0.2, 0.25) is 0 Å². The third-order valence-corrected chi connectivity index (χ3v) is 7.52. The normalized spacial score (nSPS) is 11.4. The fraction of sp³-hybridized carbons (Fsp3) is 0.250. The van der Waals surface area contributed by atoms with E-state index in [1.807, 2.05) is 0 Å². The van der Waals surface area contributed by atoms with Gasteiger partial charge in [0, 0.05) is 5.56 Å². The van der Waals surface area contributed by atoms with Crippen LogP contribution in [0.3, 0.4) is 0 Å². The summed E-state index contributed by atoms with van der Waals surface area (Å²) in [7, 11) is 0. The lowest BCUT2D eigenvalue weighted by Gasteiger charge is -2.18. The van der Waals surface area contributed by atoms with E-state index in [4.69, 9.17) is 4.74 Å². The zero-order valence-corrected chi connectivity index (χ0v) is 18.4. The third kappa shape index (κ3) is 5.48. The van der Waals surface area contributed by atoms with Crippen molar-refractivity contribution in [3.63, 3.8) is 0 Å². The summed E-state index contributed by atoms with van der Waals surface area (Å²) in [6.07, 6.45) is 0. The molecule has 27 heavy (non-hydrogen) atoms. The monoisotopic (exact) mass is 473 g/mol. The fourth-order valence-corrected chi connectivity index (χ4v) is 5.07. The van der Waals surface area contributed by atoms with Gasteiger partial charge in [0.2, 0.25) is 0 Å². The lowest BCUT2D eigenvalue weighted by atomic mass is 9.87. The number of rotatable bonds is 5. The van der Waals surface area contributed by atoms with Crippen LogP contribution in [0, 0.1) is 14.1 Å². The minimum atomic E-state index is -0.182. The topological polar surface area (TPSA) is 29.5 Å². The van der Waals surface area contributed by atoms with Gasteiger partial charge < -0.3 is 9.84 Å². The van der Waals surface area contributed by atoms with Crippen molar-refractivity contribution in [2.45, 2.75) is 39.7 Å². The van der Waals surface area contributed by atoms with Crippen molar-refractivity contribution in [3.05, 3.63) is 90.6 Å². The standard InChI is InChI=1S/C24H25IO2/c1-17-15-18(16-27-22-12-10-21(26)11-13-22)5-14-23(17)25-20-8-6-19(7-9-20)24(2,3)4/h5-15H,16H2,1-4H3/p+1. The molecule has 0 aliphatic heterocycles. The molecule has 0 aromatic heterocycles. The van der Waals surface area contributed by atoms with E-state index < -0.39 is 0 Å². The van der Waals surface area contributed by atoms with Crippen molar-refractivity contribution < 1.29 is 31.0 Å². The number of aromatic hydroxyl groups is 1. The van der Waals surface area contributed by atoms with Crippen LogP contribution in [-0.4, -0.2) is 5.11 Å². The summed E-state index contributed by atoms with van der Waals surface area (Å²) < 4.78 is 8.70. The molecule has 3 aromatic carbocycles. The largest absolute Gasteiger partial charge is 0.508 e. The van der Waals surface area contributed by atoms with Gasteiger partial charge in [-0.2, -0.15) is 0 Å². The number of ether oxygens (including phenoxy) is 1. The van der Waals surface area contributed by atoms with Gasteiger partial charge in [0.1, 0.15) is 18.1 Å². The number of hydrogen-bond donors (Lipinski definition) is 1. The second-order valence-electron chi connectivity index (χ2n) is 7.72. The number of benzene rings is 3. The van der Waals surface area contributed by atoms with Gasteiger partial charge >= 0.3 is 21.2 Å². The highest BCUT2D eigenvalue weighted by Crippen LogP contribution is 2.21. The van der Waals surface area contributed by atoms with Gasteiger partial charge in [-0.3, -0.25) is 0 Å². The van der Waals surface area contributed by atoms with Gasteiger partial charge in [-0.15, -0.1) is 0 Å². The summed E-state index contributed by atoms with van der Waals surface area (Å²) in [5.41, 5.74) is 4.07. The lowest BCUT2D eigenvalue weighted by Crippen LogP contribution is -3.61. The minimum absolute atomic E-state index is 0.182. The van der Waals surface area contributed by atoms with Crippen molar-refractivity contribution in [1.82, 2.24) is 0 Å². The summed E-state index contributed by atoms with van der Waals surface area (Å²) in [5.74, 6) is 1.02. The zero-order valence-electron chi connectivity index (χ0n) is 16.3. The Balaban J connectivity index is 1.65. The molecule has 0 amide bonds. The van der Waals surface area contributed by atoms with Gasteiger partial charge in [0.15, 0.2) is 7.14 Å². The predicted octanol–water partition coefficient (Wildman–Crippen LogP) is 2.71. The van der Waals surface area contributed by atoms with Crippen molar-refractivity contribution in [2.24, 2.45) is 0 Å². The van der Waals surface area contributed by atoms with E-state index in [1.165, 1.54) is 18.3 Å². The van der Waals surface area contributed by atoms with Gasteiger partial charge in [-0.25, -0.2) is 0 Å². The number of halogens is 1. The first-order valence-corrected chi connectivity index (χ1v) is 11.2. The van der Waals surface area contributed by atoms with Crippen molar-refractivity contribution >= 4 is 0 Å². The molecule has 0 unspecified atom stereocenters. The summed E-state index contributed by atoms with van der Waals surface area (Å²) in [5, 5.41) is 9.33. The molecule has 140 valence electrons. The predicted molar refractivity (Wildman–Crippen MR) is 106 cm³/mol. The molecule has 3 heteroatoms. The van der Waals surface area contributed by atoms with Crippen LogP contribution in [0.4, 0.5) is 0 Å². The Kier molecular flexibility index (Phi) is 6.10. The first kappa shape index (κ1) is 19.7. The highest BCUT2D eigenvalue weighted by Gasteiger charge is 2.20. The Labute approximate surface area is 172 Å². The van der Waals surface area contributed by atoms with E-state index in [9.17, 15) is 5.11 Å². The van der Waals surface area contributed by atoms with E-state index in [0.29, 0.717) is 6.61 Å². The Morgan fingerprint density at radius 1 is 0.889 bits per heavy atom. The highest BCUT2D eigenvalue weighted by atomic mass is 127. The molecule has 0 saturated heterocycles. The number of aryl methyl sites for hydroxylation is 1. The molecule has 0 spiro atoms. The molecule has 0 heterocycles. The SMILES string of the molecule is Cc1cc(COc2ccc(O)cc2)ccc1[I+]c1ccc(C(C)(C)C)cc1. The van der Waals surface area contributed by atoms with Crippen LogP contribution in [0.25, 0.3) is 0 Å².